The van der Waals surface area contributed by atoms with E-state index in [1.54, 1.807) is 36.4 Å². The molecule has 2 aromatic carbocycles. The summed E-state index contributed by atoms with van der Waals surface area (Å²) in [7, 11) is 0. The molecule has 7 nitrogen and oxygen atoms in total. The number of amides is 2. The van der Waals surface area contributed by atoms with Crippen molar-refractivity contribution in [3.8, 4) is 0 Å². The van der Waals surface area contributed by atoms with E-state index >= 15 is 0 Å². The van der Waals surface area contributed by atoms with Crippen molar-refractivity contribution in [3.05, 3.63) is 71.8 Å². The maximum Gasteiger partial charge on any atom is 0.339 e. The number of nitrogens with one attached hydrogen (secondary N) is 1. The van der Waals surface area contributed by atoms with Crippen molar-refractivity contribution in [2.24, 2.45) is 0 Å². The van der Waals surface area contributed by atoms with Crippen LogP contribution in [0.1, 0.15) is 20.7 Å². The summed E-state index contributed by atoms with van der Waals surface area (Å²) in [6.07, 6.45) is -3.07. The molecule has 1 saturated heterocycles. The molecule has 1 aliphatic heterocycles. The molecule has 126 valence electrons. The smallest absolute Gasteiger partial charge is 0.339 e. The first-order valence-corrected chi connectivity index (χ1v) is 7.43. The standard InChI is InChI=1S/C18H13NO6/c20-15-13(24-17(22)11-7-3-1-4-8-11)14(16(21)19-15)25-18(23)12-9-5-2-6-10-12/h1-10,13-14H,(H,19,20,21)/t13-,14-/m0/s1. The monoisotopic (exact) mass is 339 g/mol. The second-order valence-corrected chi connectivity index (χ2v) is 5.24. The van der Waals surface area contributed by atoms with Gasteiger partial charge in [-0.2, -0.15) is 0 Å². The van der Waals surface area contributed by atoms with E-state index in [0.29, 0.717) is 0 Å². The van der Waals surface area contributed by atoms with Crippen LogP contribution in [0.2, 0.25) is 0 Å². The number of carbonyl (C=O) groups is 4. The highest BCUT2D eigenvalue weighted by Crippen LogP contribution is 2.16. The maximum atomic E-state index is 12.1. The average molecular weight is 339 g/mol. The molecule has 3 rings (SSSR count). The normalized spacial score (nSPS) is 19.2. The van der Waals surface area contributed by atoms with Crippen molar-refractivity contribution in [1.29, 1.82) is 0 Å². The molecule has 0 unspecified atom stereocenters. The van der Waals surface area contributed by atoms with Crippen LogP contribution in [0.3, 0.4) is 0 Å². The molecule has 1 N–H and O–H groups in total. The lowest BCUT2D eigenvalue weighted by Crippen LogP contribution is -2.37. The van der Waals surface area contributed by atoms with E-state index in [0.717, 1.165) is 0 Å². The number of ether oxygens (including phenoxy) is 2. The predicted octanol–water partition coefficient (Wildman–Crippen LogP) is 1.09. The van der Waals surface area contributed by atoms with Gasteiger partial charge in [-0.25, -0.2) is 9.59 Å². The molecule has 0 aromatic heterocycles. The maximum absolute atomic E-state index is 12.1. The lowest BCUT2D eigenvalue weighted by molar-refractivity contribution is -0.130. The Kier molecular flexibility index (Phi) is 4.56. The summed E-state index contributed by atoms with van der Waals surface area (Å²) in [5.74, 6) is -3.26. The zero-order chi connectivity index (χ0) is 17.8. The van der Waals surface area contributed by atoms with Crippen LogP contribution in [-0.2, 0) is 19.1 Å². The molecule has 2 aromatic rings. The van der Waals surface area contributed by atoms with E-state index in [4.69, 9.17) is 9.47 Å². The van der Waals surface area contributed by atoms with E-state index in [2.05, 4.69) is 0 Å². The fourth-order valence-corrected chi connectivity index (χ4v) is 2.28. The van der Waals surface area contributed by atoms with Crippen molar-refractivity contribution >= 4 is 23.8 Å². The van der Waals surface area contributed by atoms with Gasteiger partial charge in [-0.1, -0.05) is 36.4 Å². The van der Waals surface area contributed by atoms with Crippen LogP contribution in [0.25, 0.3) is 0 Å². The van der Waals surface area contributed by atoms with Crippen LogP contribution >= 0.6 is 0 Å². The summed E-state index contributed by atoms with van der Waals surface area (Å²) >= 11 is 0. The largest absolute Gasteiger partial charge is 0.444 e. The summed E-state index contributed by atoms with van der Waals surface area (Å²) in [6, 6.07) is 16.0. The van der Waals surface area contributed by atoms with Crippen LogP contribution in [-0.4, -0.2) is 36.0 Å². The highest BCUT2D eigenvalue weighted by molar-refractivity contribution is 6.10. The second kappa shape index (κ2) is 6.96. The summed E-state index contributed by atoms with van der Waals surface area (Å²) in [6.45, 7) is 0. The first-order valence-electron chi connectivity index (χ1n) is 7.43. The van der Waals surface area contributed by atoms with Crippen LogP contribution in [0.4, 0.5) is 0 Å². The third-order valence-electron chi connectivity index (χ3n) is 3.53. The van der Waals surface area contributed by atoms with Gasteiger partial charge in [0.15, 0.2) is 0 Å². The zero-order valence-corrected chi connectivity index (χ0v) is 12.9. The fraction of sp³-hybridized carbons (Fsp3) is 0.111. The van der Waals surface area contributed by atoms with Crippen LogP contribution in [0, 0.1) is 0 Å². The molecule has 2 atom stereocenters. The molecule has 1 aliphatic rings. The minimum atomic E-state index is -1.53. The lowest BCUT2D eigenvalue weighted by atomic mass is 10.2. The van der Waals surface area contributed by atoms with Crippen LogP contribution < -0.4 is 5.32 Å². The molecular formula is C18H13NO6. The Labute approximate surface area is 142 Å². The lowest BCUT2D eigenvalue weighted by Gasteiger charge is -2.16. The number of benzene rings is 2. The van der Waals surface area contributed by atoms with Crippen LogP contribution in [0.15, 0.2) is 60.7 Å². The molecule has 7 heteroatoms. The van der Waals surface area contributed by atoms with Gasteiger partial charge in [-0.05, 0) is 24.3 Å². The van der Waals surface area contributed by atoms with E-state index in [1.165, 1.54) is 24.3 Å². The van der Waals surface area contributed by atoms with E-state index in [1.807, 2.05) is 5.32 Å². The molecule has 0 aliphatic carbocycles. The zero-order valence-electron chi connectivity index (χ0n) is 12.9. The summed E-state index contributed by atoms with van der Waals surface area (Å²) in [5, 5.41) is 2.00. The van der Waals surface area contributed by atoms with E-state index in [9.17, 15) is 19.2 Å². The van der Waals surface area contributed by atoms with Crippen molar-refractivity contribution in [2.45, 2.75) is 12.2 Å². The Morgan fingerprint density at radius 1 is 0.680 bits per heavy atom. The predicted molar refractivity (Wildman–Crippen MR) is 84.4 cm³/mol. The average Bonchev–Trinajstić information content (AvgIpc) is 2.90. The molecule has 0 bridgehead atoms. The van der Waals surface area contributed by atoms with Gasteiger partial charge in [-0.3, -0.25) is 14.9 Å². The molecule has 0 spiro atoms. The Bertz CT molecular complexity index is 748. The molecule has 1 heterocycles. The third kappa shape index (κ3) is 3.55. The molecule has 0 saturated carbocycles. The minimum absolute atomic E-state index is 0.211. The summed E-state index contributed by atoms with van der Waals surface area (Å²) in [5.41, 5.74) is 0.422. The van der Waals surface area contributed by atoms with Gasteiger partial charge in [0.1, 0.15) is 0 Å². The number of hydrogen-bond acceptors (Lipinski definition) is 6. The summed E-state index contributed by atoms with van der Waals surface area (Å²) in [4.78, 5) is 48.0. The van der Waals surface area contributed by atoms with Crippen molar-refractivity contribution in [2.75, 3.05) is 0 Å². The Balaban J connectivity index is 1.75. The Hall–Kier alpha value is -3.48. The molecule has 2 amide bonds. The van der Waals surface area contributed by atoms with E-state index in [-0.39, 0.29) is 11.1 Å². The number of hydrogen-bond donors (Lipinski definition) is 1. The highest BCUT2D eigenvalue weighted by atomic mass is 16.6. The Morgan fingerprint density at radius 2 is 1.04 bits per heavy atom. The highest BCUT2D eigenvalue weighted by Gasteiger charge is 2.47. The molecular weight excluding hydrogens is 326 g/mol. The van der Waals surface area contributed by atoms with E-state index < -0.39 is 36.0 Å². The quantitative estimate of drug-likeness (QED) is 0.661. The number of imide groups is 1. The van der Waals surface area contributed by atoms with Crippen molar-refractivity contribution in [3.63, 3.8) is 0 Å². The minimum Gasteiger partial charge on any atom is -0.444 e. The van der Waals surface area contributed by atoms with Gasteiger partial charge in [0.2, 0.25) is 12.2 Å². The van der Waals surface area contributed by atoms with Gasteiger partial charge in [0.25, 0.3) is 11.8 Å². The SMILES string of the molecule is O=C(O[C@@H]1C(=O)NC(=O)[C@H]1OC(=O)c1ccccc1)c1ccccc1. The second-order valence-electron chi connectivity index (χ2n) is 5.24. The van der Waals surface area contributed by atoms with Gasteiger partial charge >= 0.3 is 11.9 Å². The van der Waals surface area contributed by atoms with Crippen LogP contribution in [0.5, 0.6) is 0 Å². The topological polar surface area (TPSA) is 98.8 Å². The molecule has 0 radical (unpaired) electrons. The first kappa shape index (κ1) is 16.4. The summed E-state index contributed by atoms with van der Waals surface area (Å²) < 4.78 is 10.2. The number of carbonyl (C=O) groups excluding carboxylic acids is 4. The van der Waals surface area contributed by atoms with Gasteiger partial charge in [0.05, 0.1) is 11.1 Å². The van der Waals surface area contributed by atoms with Crippen molar-refractivity contribution in [1.82, 2.24) is 5.32 Å². The van der Waals surface area contributed by atoms with Gasteiger partial charge < -0.3 is 9.47 Å². The molecule has 25 heavy (non-hydrogen) atoms. The van der Waals surface area contributed by atoms with Gasteiger partial charge in [-0.15, -0.1) is 0 Å². The first-order chi connectivity index (χ1) is 12.1. The molecule has 1 fully saturated rings. The Morgan fingerprint density at radius 3 is 1.40 bits per heavy atom. The number of rotatable bonds is 4. The fourth-order valence-electron chi connectivity index (χ4n) is 2.28. The van der Waals surface area contributed by atoms with Crippen molar-refractivity contribution < 1.29 is 28.7 Å². The number of esters is 2. The van der Waals surface area contributed by atoms with Gasteiger partial charge in [0, 0.05) is 0 Å². The third-order valence-corrected chi connectivity index (χ3v) is 3.53.